The van der Waals surface area contributed by atoms with Crippen LogP contribution in [-0.2, 0) is 19.1 Å². The molecule has 10 heteroatoms. The molecule has 0 rings (SSSR count). The van der Waals surface area contributed by atoms with E-state index >= 15 is 0 Å². The maximum Gasteiger partial charge on any atom is 0.406 e. The number of ether oxygens (including phenoxy) is 1. The molecule has 0 aromatic carbocycles. The first-order valence-corrected chi connectivity index (χ1v) is 5.94. The van der Waals surface area contributed by atoms with Crippen molar-refractivity contribution in [3.63, 3.8) is 0 Å². The number of aliphatic carboxylic acids is 2. The fourth-order valence-electron chi connectivity index (χ4n) is 1.38. The molecule has 21 heavy (non-hydrogen) atoms. The number of carboxylic acids is 2. The van der Waals surface area contributed by atoms with Gasteiger partial charge in [0.05, 0.1) is 6.04 Å². The summed E-state index contributed by atoms with van der Waals surface area (Å²) in [6, 6.07) is -2.68. The van der Waals surface area contributed by atoms with Crippen molar-refractivity contribution in [2.75, 3.05) is 20.7 Å². The highest BCUT2D eigenvalue weighted by molar-refractivity contribution is 5.87. The molecule has 120 valence electrons. The lowest BCUT2D eigenvalue weighted by Gasteiger charge is -2.26. The van der Waals surface area contributed by atoms with Gasteiger partial charge in [0.1, 0.15) is 6.61 Å². The highest BCUT2D eigenvalue weighted by atomic mass is 16.5. The van der Waals surface area contributed by atoms with Gasteiger partial charge in [-0.25, -0.2) is 9.59 Å². The summed E-state index contributed by atoms with van der Waals surface area (Å²) >= 11 is 0. The molecule has 0 radical (unpaired) electrons. The number of amides is 2. The zero-order valence-electron chi connectivity index (χ0n) is 12.7. The first-order valence-electron chi connectivity index (χ1n) is 6.38. The number of nitrogens with two attached hydrogens (primary N) is 1. The second-order valence-electron chi connectivity index (χ2n) is 4.14. The molecule has 0 aromatic heterocycles. The van der Waals surface area contributed by atoms with E-state index in [0.717, 1.165) is 19.0 Å². The fraction of sp³-hybridized carbons (Fsp3) is 0.636. The van der Waals surface area contributed by atoms with Gasteiger partial charge < -0.3 is 30.9 Å². The molecule has 0 saturated carbocycles. The third kappa shape index (κ3) is 6.56. The molecular formula is C11H19N3O7. The van der Waals surface area contributed by atoms with Gasteiger partial charge in [-0.2, -0.15) is 0 Å². The molecule has 0 aromatic rings. The Hall–Kier alpha value is -2.36. The van der Waals surface area contributed by atoms with Crippen molar-refractivity contribution < 1.29 is 35.5 Å². The molecule has 2 amide bonds. The molecule has 0 aliphatic heterocycles. The number of likely N-dealkylation sites (N-methyl/N-ethyl adjacent to an activating group) is 1. The summed E-state index contributed by atoms with van der Waals surface area (Å²) in [6.45, 7) is -0.661. The number of carboxylic acid groups (broad SMARTS) is 2. The highest BCUT2D eigenvalue weighted by Crippen LogP contribution is 2.05. The van der Waals surface area contributed by atoms with Crippen LogP contribution in [0.15, 0.2) is 0 Å². The quantitative estimate of drug-likeness (QED) is 0.419. The molecule has 1 unspecified atom stereocenters. The van der Waals surface area contributed by atoms with E-state index in [1.807, 2.05) is 0 Å². The summed E-state index contributed by atoms with van der Waals surface area (Å²) < 4.78 is 11.5. The van der Waals surface area contributed by atoms with E-state index in [1.165, 1.54) is 0 Å². The number of rotatable bonds is 8. The van der Waals surface area contributed by atoms with E-state index in [4.69, 9.17) is 17.4 Å². The maximum atomic E-state index is 11.9. The molecule has 0 aliphatic rings. The highest BCUT2D eigenvalue weighted by Gasteiger charge is 2.30. The largest absolute Gasteiger partial charge is 0.481 e. The predicted octanol–water partition coefficient (Wildman–Crippen LogP) is -1.55. The number of alkyl carbamates (subject to hydrolysis) is 1. The fourth-order valence-corrected chi connectivity index (χ4v) is 1.38. The third-order valence-corrected chi connectivity index (χ3v) is 2.63. The zero-order chi connectivity index (χ0) is 17.4. The van der Waals surface area contributed by atoms with E-state index in [9.17, 15) is 19.2 Å². The van der Waals surface area contributed by atoms with Crippen molar-refractivity contribution in [3.05, 3.63) is 0 Å². The Bertz CT molecular complexity index is 443. The van der Waals surface area contributed by atoms with Crippen LogP contribution >= 0.6 is 0 Å². The third-order valence-electron chi connectivity index (χ3n) is 2.63. The Morgan fingerprint density at radius 3 is 2.38 bits per heavy atom. The van der Waals surface area contributed by atoms with Crippen molar-refractivity contribution in [2.24, 2.45) is 5.73 Å². The zero-order valence-corrected chi connectivity index (χ0v) is 11.7. The monoisotopic (exact) mass is 306 g/mol. The lowest BCUT2D eigenvalue weighted by molar-refractivity contribution is -0.151. The number of nitrogens with zero attached hydrogens (tertiary/aromatic N) is 1. The summed E-state index contributed by atoms with van der Waals surface area (Å²) in [6.07, 6.45) is -1.57. The first-order chi connectivity index (χ1) is 10.1. The average molecular weight is 306 g/mol. The summed E-state index contributed by atoms with van der Waals surface area (Å²) in [5.41, 5.74) is 5.52. The van der Waals surface area contributed by atoms with Gasteiger partial charge in [-0.1, -0.05) is 0 Å². The van der Waals surface area contributed by atoms with Crippen molar-refractivity contribution in [2.45, 2.75) is 24.9 Å². The van der Waals surface area contributed by atoms with Gasteiger partial charge in [-0.3, -0.25) is 9.59 Å². The van der Waals surface area contributed by atoms with Crippen LogP contribution in [0.3, 0.4) is 0 Å². The van der Waals surface area contributed by atoms with Crippen molar-refractivity contribution in [1.29, 1.82) is 0 Å². The minimum absolute atomic E-state index is 0.153. The molecule has 2 atom stereocenters. The standard InChI is InChI=1S/C11H19N3O7/c1-13-11(20)21-5-7(10(18)19)14(2)9(17)6(12)3-4-8(15)16/h6-7H,3-5,12H2,1-2H3,(H,13,20)(H,15,16)(H,18,19)/t6?,7-/m0/s1/i/hD. The average Bonchev–Trinajstić information content (AvgIpc) is 2.42. The van der Waals surface area contributed by atoms with Crippen molar-refractivity contribution >= 4 is 23.9 Å². The Morgan fingerprint density at radius 2 is 1.95 bits per heavy atom. The number of carbonyl (C=O) groups excluding carboxylic acids is 2. The second-order valence-corrected chi connectivity index (χ2v) is 4.14. The minimum atomic E-state index is -1.49. The van der Waals surface area contributed by atoms with Crippen LogP contribution in [0, 0.1) is 0 Å². The smallest absolute Gasteiger partial charge is 0.406 e. The molecule has 5 N–H and O–H groups in total. The summed E-state index contributed by atoms with van der Waals surface area (Å²) in [4.78, 5) is 45.4. The van der Waals surface area contributed by atoms with Gasteiger partial charge >= 0.3 is 18.0 Å². The molecule has 0 spiro atoms. The van der Waals surface area contributed by atoms with Crippen LogP contribution in [0.5, 0.6) is 0 Å². The lowest BCUT2D eigenvalue weighted by Crippen LogP contribution is -2.51. The van der Waals surface area contributed by atoms with Crippen LogP contribution in [-0.4, -0.2) is 71.8 Å². The SMILES string of the molecule is [2H]N(C)C(=O)OC[C@@H](C(=O)O)N(C)C(=O)C(N)CCC(=O)O. The lowest BCUT2D eigenvalue weighted by atomic mass is 10.1. The van der Waals surface area contributed by atoms with Gasteiger partial charge in [0.2, 0.25) is 5.91 Å². The molecular weight excluding hydrogens is 286 g/mol. The minimum Gasteiger partial charge on any atom is -0.481 e. The van der Waals surface area contributed by atoms with Gasteiger partial charge in [0.25, 0.3) is 0 Å². The van der Waals surface area contributed by atoms with E-state index in [1.54, 1.807) is 0 Å². The topological polar surface area (TPSA) is 159 Å². The van der Waals surface area contributed by atoms with E-state index < -0.39 is 42.6 Å². The Balaban J connectivity index is 4.73. The van der Waals surface area contributed by atoms with Crippen LogP contribution < -0.4 is 11.0 Å². The molecule has 0 bridgehead atoms. The molecule has 10 nitrogen and oxygen atoms in total. The Kier molecular flexibility index (Phi) is 6.95. The molecule has 0 fully saturated rings. The summed E-state index contributed by atoms with van der Waals surface area (Å²) in [5.74, 6) is -3.35. The predicted molar refractivity (Wildman–Crippen MR) is 69.4 cm³/mol. The number of hydrogen-bond acceptors (Lipinski definition) is 6. The Labute approximate surface area is 122 Å². The Morgan fingerprint density at radius 1 is 1.38 bits per heavy atom. The van der Waals surface area contributed by atoms with E-state index in [0.29, 0.717) is 5.31 Å². The van der Waals surface area contributed by atoms with Crippen LogP contribution in [0.2, 0.25) is 1.41 Å². The normalized spacial score (nSPS) is 13.6. The van der Waals surface area contributed by atoms with E-state index in [2.05, 4.69) is 4.74 Å². The van der Waals surface area contributed by atoms with Gasteiger partial charge in [0.15, 0.2) is 7.45 Å². The molecule has 0 aliphatic carbocycles. The van der Waals surface area contributed by atoms with Crippen molar-refractivity contribution in [3.8, 4) is 0 Å². The van der Waals surface area contributed by atoms with Crippen molar-refractivity contribution in [1.82, 2.24) is 10.2 Å². The number of carbonyl (C=O) groups is 4. The molecule has 0 saturated heterocycles. The van der Waals surface area contributed by atoms with Crippen LogP contribution in [0.1, 0.15) is 12.8 Å². The first kappa shape index (κ1) is 16.7. The van der Waals surface area contributed by atoms with Gasteiger partial charge in [0, 0.05) is 20.5 Å². The van der Waals surface area contributed by atoms with E-state index in [-0.39, 0.29) is 12.8 Å². The van der Waals surface area contributed by atoms with Crippen LogP contribution in [0.4, 0.5) is 4.79 Å². The number of hydrogen-bond donors (Lipinski definition) is 4. The van der Waals surface area contributed by atoms with Gasteiger partial charge in [-0.05, 0) is 6.42 Å². The summed E-state index contributed by atoms with van der Waals surface area (Å²) in [7, 11) is 2.24. The van der Waals surface area contributed by atoms with Gasteiger partial charge in [-0.15, -0.1) is 0 Å². The number of nitrogens with one attached hydrogen (secondary N) is 1. The summed E-state index contributed by atoms with van der Waals surface area (Å²) in [5, 5.41) is 17.9. The maximum absolute atomic E-state index is 11.9. The second kappa shape index (κ2) is 8.74. The van der Waals surface area contributed by atoms with Crippen LogP contribution in [0.25, 0.3) is 0 Å². The molecule has 0 heterocycles.